The van der Waals surface area contributed by atoms with E-state index in [0.717, 1.165) is 19.8 Å². The van der Waals surface area contributed by atoms with Crippen LogP contribution in [0.15, 0.2) is 0 Å². The van der Waals surface area contributed by atoms with Gasteiger partial charge in [0.05, 0.1) is 6.61 Å². The van der Waals surface area contributed by atoms with Crippen molar-refractivity contribution in [2.45, 2.75) is 52.5 Å². The molecule has 0 atom stereocenters. The van der Waals surface area contributed by atoms with Crippen molar-refractivity contribution in [2.75, 3.05) is 19.8 Å². The largest absolute Gasteiger partial charge is 0.381 e. The third-order valence-electron chi connectivity index (χ3n) is 3.16. The second-order valence-electron chi connectivity index (χ2n) is 4.88. The molecule has 84 valence electrons. The van der Waals surface area contributed by atoms with Gasteiger partial charge in [-0.1, -0.05) is 26.7 Å². The molecule has 1 aliphatic rings. The summed E-state index contributed by atoms with van der Waals surface area (Å²) in [5, 5.41) is 3.56. The highest BCUT2D eigenvalue weighted by atomic mass is 16.5. The molecule has 2 heteroatoms. The van der Waals surface area contributed by atoms with E-state index in [1.165, 1.54) is 25.7 Å². The zero-order valence-corrected chi connectivity index (χ0v) is 9.94. The van der Waals surface area contributed by atoms with Gasteiger partial charge in [-0.2, -0.15) is 0 Å². The van der Waals surface area contributed by atoms with Gasteiger partial charge in [0.2, 0.25) is 0 Å². The number of hydrogen-bond donors (Lipinski definition) is 1. The van der Waals surface area contributed by atoms with Gasteiger partial charge in [-0.25, -0.2) is 0 Å². The van der Waals surface area contributed by atoms with Crippen molar-refractivity contribution in [1.29, 1.82) is 0 Å². The van der Waals surface area contributed by atoms with E-state index in [0.29, 0.717) is 11.5 Å². The van der Waals surface area contributed by atoms with Gasteiger partial charge in [-0.05, 0) is 19.8 Å². The molecule has 0 aromatic heterocycles. The number of rotatable bonds is 6. The summed E-state index contributed by atoms with van der Waals surface area (Å²) in [6.45, 7) is 9.43. The normalized spacial score (nSPS) is 20.6. The maximum atomic E-state index is 5.61. The van der Waals surface area contributed by atoms with Crippen LogP contribution in [0.4, 0.5) is 0 Å². The van der Waals surface area contributed by atoms with Crippen molar-refractivity contribution < 1.29 is 4.74 Å². The van der Waals surface area contributed by atoms with Crippen molar-refractivity contribution in [3.05, 3.63) is 0 Å². The number of nitrogens with one attached hydrogen (secondary N) is 1. The third kappa shape index (κ3) is 3.58. The molecule has 1 rings (SSSR count). The molecule has 0 heterocycles. The van der Waals surface area contributed by atoms with Gasteiger partial charge in [0, 0.05) is 24.6 Å². The molecule has 0 spiro atoms. The molecule has 14 heavy (non-hydrogen) atoms. The van der Waals surface area contributed by atoms with E-state index in [2.05, 4.69) is 26.1 Å². The zero-order chi connectivity index (χ0) is 10.4. The topological polar surface area (TPSA) is 21.3 Å². The van der Waals surface area contributed by atoms with Gasteiger partial charge in [0.1, 0.15) is 0 Å². The van der Waals surface area contributed by atoms with Crippen molar-refractivity contribution in [3.63, 3.8) is 0 Å². The Kier molecular flexibility index (Phi) is 4.90. The summed E-state index contributed by atoms with van der Waals surface area (Å²) in [6.07, 6.45) is 5.44. The molecule has 0 unspecified atom stereocenters. The number of ether oxygens (including phenoxy) is 1. The third-order valence-corrected chi connectivity index (χ3v) is 3.16. The van der Waals surface area contributed by atoms with Crippen LogP contribution in [0.3, 0.4) is 0 Å². The highest BCUT2D eigenvalue weighted by Crippen LogP contribution is 2.37. The van der Waals surface area contributed by atoms with Crippen LogP contribution in [0.25, 0.3) is 0 Å². The van der Waals surface area contributed by atoms with Gasteiger partial charge < -0.3 is 10.1 Å². The van der Waals surface area contributed by atoms with Gasteiger partial charge in [-0.15, -0.1) is 0 Å². The molecule has 0 aromatic rings. The van der Waals surface area contributed by atoms with Crippen molar-refractivity contribution >= 4 is 0 Å². The second-order valence-corrected chi connectivity index (χ2v) is 4.88. The van der Waals surface area contributed by atoms with Crippen molar-refractivity contribution in [1.82, 2.24) is 5.32 Å². The molecule has 0 aromatic carbocycles. The minimum atomic E-state index is 0.445. The predicted molar refractivity (Wildman–Crippen MR) is 60.5 cm³/mol. The molecule has 0 radical (unpaired) electrons. The summed E-state index contributed by atoms with van der Waals surface area (Å²) >= 11 is 0. The van der Waals surface area contributed by atoms with E-state index in [4.69, 9.17) is 4.74 Å². The molecule has 1 N–H and O–H groups in total. The summed E-state index contributed by atoms with van der Waals surface area (Å²) in [6, 6.07) is 0.592. The minimum Gasteiger partial charge on any atom is -0.381 e. The Morgan fingerprint density at radius 1 is 1.29 bits per heavy atom. The van der Waals surface area contributed by atoms with Gasteiger partial charge >= 0.3 is 0 Å². The van der Waals surface area contributed by atoms with Crippen molar-refractivity contribution in [2.24, 2.45) is 5.41 Å². The maximum Gasteiger partial charge on any atom is 0.0534 e. The van der Waals surface area contributed by atoms with Crippen LogP contribution in [-0.4, -0.2) is 25.8 Å². The molecule has 0 amide bonds. The predicted octanol–water partition coefficient (Wildman–Crippen LogP) is 2.58. The van der Waals surface area contributed by atoms with Crippen LogP contribution in [0.2, 0.25) is 0 Å². The fraction of sp³-hybridized carbons (Fsp3) is 1.00. The number of hydrogen-bond acceptors (Lipinski definition) is 2. The summed E-state index contributed by atoms with van der Waals surface area (Å²) in [7, 11) is 0. The Labute approximate surface area is 88.4 Å². The summed E-state index contributed by atoms with van der Waals surface area (Å²) in [4.78, 5) is 0. The van der Waals surface area contributed by atoms with Gasteiger partial charge in [0.25, 0.3) is 0 Å². The zero-order valence-electron chi connectivity index (χ0n) is 9.94. The first-order valence-electron chi connectivity index (χ1n) is 6.00. The Hall–Kier alpha value is -0.0800. The maximum absolute atomic E-state index is 5.61. The highest BCUT2D eigenvalue weighted by molar-refractivity contribution is 4.87. The SMILES string of the molecule is CCOCC1(CNC(C)C)CCCC1. The lowest BCUT2D eigenvalue weighted by Gasteiger charge is -2.30. The van der Waals surface area contributed by atoms with Gasteiger partial charge in [-0.3, -0.25) is 0 Å². The Morgan fingerprint density at radius 3 is 2.43 bits per heavy atom. The van der Waals surface area contributed by atoms with E-state index in [1.54, 1.807) is 0 Å². The lowest BCUT2D eigenvalue weighted by molar-refractivity contribution is 0.0525. The molecular weight excluding hydrogens is 174 g/mol. The first-order chi connectivity index (χ1) is 6.68. The Morgan fingerprint density at radius 2 is 1.93 bits per heavy atom. The van der Waals surface area contributed by atoms with E-state index in [1.807, 2.05) is 0 Å². The van der Waals surface area contributed by atoms with Crippen LogP contribution in [0.1, 0.15) is 46.5 Å². The lowest BCUT2D eigenvalue weighted by Crippen LogP contribution is -2.39. The fourth-order valence-corrected chi connectivity index (χ4v) is 2.24. The first-order valence-corrected chi connectivity index (χ1v) is 6.00. The molecule has 1 aliphatic carbocycles. The molecule has 0 saturated heterocycles. The van der Waals surface area contributed by atoms with Crippen LogP contribution in [0, 0.1) is 5.41 Å². The quantitative estimate of drug-likeness (QED) is 0.710. The Balaban J connectivity index is 2.36. The van der Waals surface area contributed by atoms with E-state index >= 15 is 0 Å². The Bertz CT molecular complexity index is 150. The van der Waals surface area contributed by atoms with E-state index in [9.17, 15) is 0 Å². The fourth-order valence-electron chi connectivity index (χ4n) is 2.24. The molecule has 1 fully saturated rings. The van der Waals surface area contributed by atoms with Crippen LogP contribution < -0.4 is 5.32 Å². The van der Waals surface area contributed by atoms with Gasteiger partial charge in [0.15, 0.2) is 0 Å². The summed E-state index contributed by atoms with van der Waals surface area (Å²) in [5.74, 6) is 0. The second kappa shape index (κ2) is 5.72. The molecule has 0 bridgehead atoms. The average Bonchev–Trinajstić information content (AvgIpc) is 2.61. The smallest absolute Gasteiger partial charge is 0.0534 e. The molecular formula is C12H25NO. The molecule has 0 aliphatic heterocycles. The monoisotopic (exact) mass is 199 g/mol. The standard InChI is InChI=1S/C12H25NO/c1-4-14-10-12(7-5-6-8-12)9-13-11(2)3/h11,13H,4-10H2,1-3H3. The molecule has 1 saturated carbocycles. The van der Waals surface area contributed by atoms with E-state index in [-0.39, 0.29) is 0 Å². The summed E-state index contributed by atoms with van der Waals surface area (Å²) in [5.41, 5.74) is 0.445. The van der Waals surface area contributed by atoms with E-state index < -0.39 is 0 Å². The first kappa shape index (κ1) is 12.0. The van der Waals surface area contributed by atoms with Crippen molar-refractivity contribution in [3.8, 4) is 0 Å². The minimum absolute atomic E-state index is 0.445. The van der Waals surface area contributed by atoms with Crippen LogP contribution in [-0.2, 0) is 4.74 Å². The molecule has 2 nitrogen and oxygen atoms in total. The summed E-state index contributed by atoms with van der Waals surface area (Å²) < 4.78 is 5.61. The highest BCUT2D eigenvalue weighted by Gasteiger charge is 2.33. The average molecular weight is 199 g/mol. The van der Waals surface area contributed by atoms with Crippen LogP contribution in [0.5, 0.6) is 0 Å². The lowest BCUT2D eigenvalue weighted by atomic mass is 9.87. The van der Waals surface area contributed by atoms with Crippen LogP contribution >= 0.6 is 0 Å².